The highest BCUT2D eigenvalue weighted by Gasteiger charge is 2.38. The molecule has 4 heteroatoms. The van der Waals surface area contributed by atoms with Crippen molar-refractivity contribution in [3.63, 3.8) is 0 Å². The summed E-state index contributed by atoms with van der Waals surface area (Å²) in [6.45, 7) is 2.37. The minimum atomic E-state index is -0.0985. The predicted octanol–water partition coefficient (Wildman–Crippen LogP) is 3.05. The number of hydrogen-bond acceptors (Lipinski definition) is 2. The third kappa shape index (κ3) is 2.94. The Kier molecular flexibility index (Phi) is 3.95. The zero-order valence-corrected chi connectivity index (χ0v) is 12.5. The number of benzene rings is 1. The normalized spacial score (nSPS) is 24.5. The Hall–Kier alpha value is -1.84. The van der Waals surface area contributed by atoms with E-state index in [0.717, 1.165) is 30.6 Å². The number of nitrogens with zero attached hydrogens (tertiary/aromatic N) is 1. The van der Waals surface area contributed by atoms with Crippen molar-refractivity contribution >= 4 is 17.5 Å². The summed E-state index contributed by atoms with van der Waals surface area (Å²) in [5, 5.41) is 2.72. The fraction of sp³-hybridized carbons (Fsp3) is 0.529. The molecule has 4 nitrogen and oxygen atoms in total. The minimum absolute atomic E-state index is 0.0985. The Morgan fingerprint density at radius 1 is 1.10 bits per heavy atom. The average Bonchev–Trinajstić information content (AvgIpc) is 2.90. The fourth-order valence-corrected chi connectivity index (χ4v) is 3.72. The van der Waals surface area contributed by atoms with Crippen molar-refractivity contribution in [2.24, 2.45) is 5.92 Å². The highest BCUT2D eigenvalue weighted by atomic mass is 16.2. The Bertz CT molecular complexity index is 538. The molecule has 1 N–H and O–H groups in total. The van der Waals surface area contributed by atoms with Crippen LogP contribution in [0.2, 0.25) is 0 Å². The average molecular weight is 286 g/mol. The van der Waals surface area contributed by atoms with E-state index in [4.69, 9.17) is 0 Å². The summed E-state index contributed by atoms with van der Waals surface area (Å²) in [6.07, 6.45) is 6.14. The van der Waals surface area contributed by atoms with E-state index < -0.39 is 0 Å². The van der Waals surface area contributed by atoms with Crippen LogP contribution in [0.15, 0.2) is 24.3 Å². The fourth-order valence-electron chi connectivity index (χ4n) is 3.72. The van der Waals surface area contributed by atoms with E-state index in [9.17, 15) is 9.59 Å². The smallest absolute Gasteiger partial charge is 0.254 e. The molecular formula is C17H22N2O2. The maximum Gasteiger partial charge on any atom is 0.254 e. The van der Waals surface area contributed by atoms with Gasteiger partial charge in [-0.05, 0) is 49.4 Å². The maximum atomic E-state index is 12.7. The van der Waals surface area contributed by atoms with Crippen molar-refractivity contribution in [3.05, 3.63) is 29.8 Å². The molecule has 2 atom stereocenters. The Morgan fingerprint density at radius 2 is 1.81 bits per heavy atom. The summed E-state index contributed by atoms with van der Waals surface area (Å²) in [5.41, 5.74) is 1.45. The minimum Gasteiger partial charge on any atom is -0.335 e. The molecular weight excluding hydrogens is 264 g/mol. The summed E-state index contributed by atoms with van der Waals surface area (Å²) < 4.78 is 0. The lowest BCUT2D eigenvalue weighted by molar-refractivity contribution is -0.114. The van der Waals surface area contributed by atoms with Gasteiger partial charge in [0.05, 0.1) is 0 Å². The molecule has 1 saturated heterocycles. The van der Waals surface area contributed by atoms with Crippen molar-refractivity contribution in [2.75, 3.05) is 11.9 Å². The third-order valence-corrected chi connectivity index (χ3v) is 4.72. The van der Waals surface area contributed by atoms with Crippen LogP contribution in [0.4, 0.5) is 5.69 Å². The first kappa shape index (κ1) is 14.1. The summed E-state index contributed by atoms with van der Waals surface area (Å²) >= 11 is 0. The summed E-state index contributed by atoms with van der Waals surface area (Å²) in [5.74, 6) is 0.749. The highest BCUT2D eigenvalue weighted by molar-refractivity contribution is 5.95. The van der Waals surface area contributed by atoms with Gasteiger partial charge in [0.15, 0.2) is 0 Å². The molecule has 0 aromatic heterocycles. The van der Waals surface area contributed by atoms with Crippen molar-refractivity contribution in [1.29, 1.82) is 0 Å². The number of nitrogens with one attached hydrogen (secondary N) is 1. The van der Waals surface area contributed by atoms with Gasteiger partial charge in [0, 0.05) is 30.8 Å². The zero-order chi connectivity index (χ0) is 14.8. The first-order chi connectivity index (χ1) is 10.1. The van der Waals surface area contributed by atoms with Gasteiger partial charge in [-0.3, -0.25) is 9.59 Å². The third-order valence-electron chi connectivity index (χ3n) is 4.72. The molecule has 21 heavy (non-hydrogen) atoms. The summed E-state index contributed by atoms with van der Waals surface area (Å²) in [6, 6.07) is 7.65. The van der Waals surface area contributed by atoms with Crippen LogP contribution in [0.5, 0.6) is 0 Å². The molecule has 2 unspecified atom stereocenters. The van der Waals surface area contributed by atoms with E-state index in [1.54, 1.807) is 12.1 Å². The van der Waals surface area contributed by atoms with Crippen molar-refractivity contribution in [1.82, 2.24) is 4.90 Å². The quantitative estimate of drug-likeness (QED) is 0.908. The van der Waals surface area contributed by atoms with Crippen LogP contribution in [0, 0.1) is 5.92 Å². The Morgan fingerprint density at radius 3 is 2.52 bits per heavy atom. The van der Waals surface area contributed by atoms with Crippen molar-refractivity contribution in [2.45, 2.75) is 45.1 Å². The number of fused-ring (bicyclic) bond motifs is 1. The molecule has 1 aliphatic carbocycles. The molecule has 3 rings (SSSR count). The summed E-state index contributed by atoms with van der Waals surface area (Å²) in [7, 11) is 0. The molecule has 1 aromatic carbocycles. The number of carbonyl (C=O) groups excluding carboxylic acids is 2. The Balaban J connectivity index is 1.71. The van der Waals surface area contributed by atoms with E-state index in [-0.39, 0.29) is 11.8 Å². The number of carbonyl (C=O) groups is 2. The second kappa shape index (κ2) is 5.88. The molecule has 1 heterocycles. The molecule has 112 valence electrons. The molecule has 0 spiro atoms. The van der Waals surface area contributed by atoms with E-state index in [1.807, 2.05) is 12.1 Å². The van der Waals surface area contributed by atoms with Gasteiger partial charge >= 0.3 is 0 Å². The molecule has 0 radical (unpaired) electrons. The van der Waals surface area contributed by atoms with Crippen LogP contribution in [0.1, 0.15) is 49.4 Å². The number of amides is 2. The van der Waals surface area contributed by atoms with Crippen LogP contribution < -0.4 is 5.32 Å². The SMILES string of the molecule is CC(=O)Nc1ccc(C(=O)N2CCC3CCCCC32)cc1. The first-order valence-corrected chi connectivity index (χ1v) is 7.84. The van der Waals surface area contributed by atoms with E-state index >= 15 is 0 Å². The topological polar surface area (TPSA) is 49.4 Å². The molecule has 1 saturated carbocycles. The number of anilines is 1. The van der Waals surface area contributed by atoms with Crippen LogP contribution in [0.3, 0.4) is 0 Å². The van der Waals surface area contributed by atoms with Gasteiger partial charge in [-0.2, -0.15) is 0 Å². The van der Waals surface area contributed by atoms with Crippen LogP contribution in [0.25, 0.3) is 0 Å². The molecule has 1 aromatic rings. The zero-order valence-electron chi connectivity index (χ0n) is 12.5. The highest BCUT2D eigenvalue weighted by Crippen LogP contribution is 2.36. The van der Waals surface area contributed by atoms with Gasteiger partial charge in [-0.1, -0.05) is 12.8 Å². The lowest BCUT2D eigenvalue weighted by Gasteiger charge is -2.31. The number of rotatable bonds is 2. The van der Waals surface area contributed by atoms with Gasteiger partial charge in [0.1, 0.15) is 0 Å². The van der Waals surface area contributed by atoms with Crippen LogP contribution in [-0.2, 0) is 4.79 Å². The predicted molar refractivity (Wildman–Crippen MR) is 82.1 cm³/mol. The summed E-state index contributed by atoms with van der Waals surface area (Å²) in [4.78, 5) is 25.8. The lowest BCUT2D eigenvalue weighted by Crippen LogP contribution is -2.39. The number of hydrogen-bond donors (Lipinski definition) is 1. The van der Waals surface area contributed by atoms with Crippen molar-refractivity contribution < 1.29 is 9.59 Å². The van der Waals surface area contributed by atoms with Gasteiger partial charge in [0.2, 0.25) is 5.91 Å². The standard InChI is InChI=1S/C17H22N2O2/c1-12(20)18-15-8-6-14(7-9-15)17(21)19-11-10-13-4-2-3-5-16(13)19/h6-9,13,16H,2-5,10-11H2,1H3,(H,18,20). The maximum absolute atomic E-state index is 12.7. The van der Waals surface area contributed by atoms with Gasteiger partial charge in [-0.25, -0.2) is 0 Å². The lowest BCUT2D eigenvalue weighted by atomic mass is 9.85. The molecule has 2 fully saturated rings. The molecule has 2 aliphatic rings. The van der Waals surface area contributed by atoms with E-state index in [1.165, 1.54) is 26.2 Å². The van der Waals surface area contributed by atoms with E-state index in [0.29, 0.717) is 12.0 Å². The molecule has 1 aliphatic heterocycles. The monoisotopic (exact) mass is 286 g/mol. The number of likely N-dealkylation sites (tertiary alicyclic amines) is 1. The largest absolute Gasteiger partial charge is 0.335 e. The van der Waals surface area contributed by atoms with E-state index in [2.05, 4.69) is 10.2 Å². The van der Waals surface area contributed by atoms with Gasteiger partial charge < -0.3 is 10.2 Å². The first-order valence-electron chi connectivity index (χ1n) is 7.84. The van der Waals surface area contributed by atoms with Crippen LogP contribution >= 0.6 is 0 Å². The molecule has 2 amide bonds. The van der Waals surface area contributed by atoms with Crippen LogP contribution in [-0.4, -0.2) is 29.3 Å². The Labute approximate surface area is 125 Å². The van der Waals surface area contributed by atoms with Crippen molar-refractivity contribution in [3.8, 4) is 0 Å². The second-order valence-corrected chi connectivity index (χ2v) is 6.16. The second-order valence-electron chi connectivity index (χ2n) is 6.16. The van der Waals surface area contributed by atoms with Gasteiger partial charge in [0.25, 0.3) is 5.91 Å². The van der Waals surface area contributed by atoms with Gasteiger partial charge in [-0.15, -0.1) is 0 Å². The molecule has 0 bridgehead atoms.